The maximum absolute atomic E-state index is 10.8. The quantitative estimate of drug-likeness (QED) is 0.169. The molecule has 0 aliphatic heterocycles. The van der Waals surface area contributed by atoms with Crippen molar-refractivity contribution in [3.63, 3.8) is 0 Å². The van der Waals surface area contributed by atoms with Crippen LogP contribution in [0.4, 0.5) is 11.4 Å². The largest absolute Gasteiger partial charge is 0.619 e. The fourth-order valence-corrected chi connectivity index (χ4v) is 2.66. The van der Waals surface area contributed by atoms with Gasteiger partial charge < -0.3 is 20.6 Å². The molecule has 14 nitrogen and oxygen atoms in total. The van der Waals surface area contributed by atoms with Gasteiger partial charge in [-0.2, -0.15) is 9.46 Å². The minimum atomic E-state index is -1.09. The van der Waals surface area contributed by atoms with E-state index >= 15 is 0 Å². The van der Waals surface area contributed by atoms with Gasteiger partial charge in [0.1, 0.15) is 0 Å². The minimum absolute atomic E-state index is 0.0422. The number of nitro groups is 2. The number of carboxylic acid groups (broad SMARTS) is 2. The molecule has 0 bridgehead atoms. The average Bonchev–Trinajstić information content (AvgIpc) is 2.90. The van der Waals surface area contributed by atoms with Crippen molar-refractivity contribution in [2.75, 3.05) is 0 Å². The second kappa shape index (κ2) is 13.2. The molecule has 0 amide bonds. The van der Waals surface area contributed by atoms with Gasteiger partial charge >= 0.3 is 11.9 Å². The maximum atomic E-state index is 10.8. The molecule has 0 atom stereocenters. The van der Waals surface area contributed by atoms with E-state index in [0.717, 1.165) is 44.9 Å². The van der Waals surface area contributed by atoms with Crippen LogP contribution in [0.2, 0.25) is 0 Å². The number of nitrogens with zero attached hydrogens (tertiary/aromatic N) is 4. The summed E-state index contributed by atoms with van der Waals surface area (Å²) in [4.78, 5) is 39.7. The molecule has 0 aliphatic carbocycles. The number of nitro benzene ring substituents is 2. The highest BCUT2D eigenvalue weighted by atomic mass is 16.6. The lowest BCUT2D eigenvalue weighted by Crippen LogP contribution is -2.24. The predicted octanol–water partition coefficient (Wildman–Crippen LogP) is 3.21. The molecular formula is C24H18N4O10. The van der Waals surface area contributed by atoms with Crippen LogP contribution in [0.15, 0.2) is 97.6 Å². The van der Waals surface area contributed by atoms with E-state index in [-0.39, 0.29) is 22.5 Å². The molecule has 14 heteroatoms. The van der Waals surface area contributed by atoms with E-state index in [9.17, 15) is 40.2 Å². The molecule has 0 saturated heterocycles. The Morgan fingerprint density at radius 1 is 0.553 bits per heavy atom. The topological polar surface area (TPSA) is 215 Å². The summed E-state index contributed by atoms with van der Waals surface area (Å²) >= 11 is 0. The van der Waals surface area contributed by atoms with Gasteiger partial charge in [-0.05, 0) is 35.4 Å². The van der Waals surface area contributed by atoms with Gasteiger partial charge in [0.15, 0.2) is 24.8 Å². The van der Waals surface area contributed by atoms with Crippen molar-refractivity contribution in [3.8, 4) is 11.1 Å². The molecule has 2 heterocycles. The van der Waals surface area contributed by atoms with Gasteiger partial charge in [0.05, 0.1) is 21.0 Å². The van der Waals surface area contributed by atoms with Crippen molar-refractivity contribution in [2.45, 2.75) is 0 Å². The van der Waals surface area contributed by atoms with Gasteiger partial charge in [-0.25, -0.2) is 9.59 Å². The molecule has 0 spiro atoms. The zero-order valence-corrected chi connectivity index (χ0v) is 19.2. The normalized spacial score (nSPS) is 9.58. The predicted molar refractivity (Wildman–Crippen MR) is 130 cm³/mol. The van der Waals surface area contributed by atoms with Crippen molar-refractivity contribution in [1.29, 1.82) is 0 Å². The molecule has 0 radical (unpaired) electrons. The number of hydrogen-bond acceptors (Lipinski definition) is 8. The van der Waals surface area contributed by atoms with Gasteiger partial charge in [0.2, 0.25) is 0 Å². The summed E-state index contributed by atoms with van der Waals surface area (Å²) in [5.74, 6) is -2.19. The summed E-state index contributed by atoms with van der Waals surface area (Å²) in [6.45, 7) is 0. The first kappa shape index (κ1) is 28.3. The Bertz CT molecular complexity index is 1230. The standard InChI is InChI=1S/C10H8N2O2.2C7H5NO4/c13-11-5-1-9(2-6-11)10-3-7-12(14)8-4-10;2*9-7(10)5-1-3-6(4-2-5)8(11)12/h1-8H;2*1-4H,(H,9,10). The summed E-state index contributed by atoms with van der Waals surface area (Å²) in [5, 5.41) is 58.7. The summed E-state index contributed by atoms with van der Waals surface area (Å²) < 4.78 is 1.44. The van der Waals surface area contributed by atoms with E-state index in [4.69, 9.17) is 10.2 Å². The summed E-state index contributed by atoms with van der Waals surface area (Å²) in [7, 11) is 0. The number of carbonyl (C=O) groups is 2. The second-order valence-electron chi connectivity index (χ2n) is 7.11. The van der Waals surface area contributed by atoms with E-state index in [1.807, 2.05) is 0 Å². The number of benzene rings is 2. The average molecular weight is 522 g/mol. The second-order valence-corrected chi connectivity index (χ2v) is 7.11. The van der Waals surface area contributed by atoms with Gasteiger partial charge in [-0.3, -0.25) is 20.2 Å². The van der Waals surface area contributed by atoms with Crippen molar-refractivity contribution < 1.29 is 39.1 Å². The molecule has 0 aliphatic rings. The Labute approximate surface area is 213 Å². The van der Waals surface area contributed by atoms with Crippen LogP contribution in [0.1, 0.15) is 20.7 Å². The van der Waals surface area contributed by atoms with Crippen LogP contribution in [0.3, 0.4) is 0 Å². The van der Waals surface area contributed by atoms with Crippen LogP contribution >= 0.6 is 0 Å². The number of hydrogen-bond donors (Lipinski definition) is 2. The van der Waals surface area contributed by atoms with Gasteiger partial charge in [-0.1, -0.05) is 0 Å². The van der Waals surface area contributed by atoms with Crippen molar-refractivity contribution >= 4 is 23.3 Å². The fourth-order valence-electron chi connectivity index (χ4n) is 2.66. The zero-order valence-electron chi connectivity index (χ0n) is 19.2. The number of aromatic carboxylic acids is 2. The highest BCUT2D eigenvalue weighted by Gasteiger charge is 2.08. The molecule has 0 unspecified atom stereocenters. The number of carboxylic acids is 2. The minimum Gasteiger partial charge on any atom is -0.619 e. The van der Waals surface area contributed by atoms with Crippen molar-refractivity contribution in [1.82, 2.24) is 0 Å². The Morgan fingerprint density at radius 3 is 1.03 bits per heavy atom. The van der Waals surface area contributed by atoms with E-state index in [2.05, 4.69) is 0 Å². The van der Waals surface area contributed by atoms with Crippen LogP contribution in [-0.2, 0) is 0 Å². The van der Waals surface area contributed by atoms with Gasteiger partial charge in [0, 0.05) is 48.5 Å². The summed E-state index contributed by atoms with van der Waals surface area (Å²) in [5.41, 5.74) is 1.69. The van der Waals surface area contributed by atoms with Crippen LogP contribution in [-0.4, -0.2) is 32.0 Å². The SMILES string of the molecule is O=C(O)c1ccc([N+](=O)[O-])cc1.O=C(O)c1ccc([N+](=O)[O-])cc1.[O-][n+]1ccc(-c2cc[n+]([O-])cc2)cc1. The molecule has 194 valence electrons. The lowest BCUT2D eigenvalue weighted by Gasteiger charge is -2.00. The van der Waals surface area contributed by atoms with Crippen LogP contribution < -0.4 is 9.46 Å². The third-order valence-corrected chi connectivity index (χ3v) is 4.59. The first-order chi connectivity index (χ1) is 18.0. The van der Waals surface area contributed by atoms with E-state index in [1.165, 1.54) is 49.1 Å². The first-order valence-corrected chi connectivity index (χ1v) is 10.3. The Morgan fingerprint density at radius 2 is 0.816 bits per heavy atom. The molecule has 2 N–H and O–H groups in total. The monoisotopic (exact) mass is 522 g/mol. The molecule has 2 aromatic heterocycles. The third kappa shape index (κ3) is 8.70. The number of aromatic nitrogens is 2. The highest BCUT2D eigenvalue weighted by molar-refractivity contribution is 5.88. The van der Waals surface area contributed by atoms with Crippen molar-refractivity contribution in [2.24, 2.45) is 0 Å². The Balaban J connectivity index is 0.000000201. The Kier molecular flexibility index (Phi) is 9.87. The maximum Gasteiger partial charge on any atom is 0.335 e. The molecule has 0 fully saturated rings. The lowest BCUT2D eigenvalue weighted by atomic mass is 10.1. The van der Waals surface area contributed by atoms with Crippen LogP contribution in [0, 0.1) is 30.6 Å². The van der Waals surface area contributed by atoms with Gasteiger partial charge in [0.25, 0.3) is 11.4 Å². The van der Waals surface area contributed by atoms with Gasteiger partial charge in [-0.15, -0.1) is 0 Å². The van der Waals surface area contributed by atoms with Crippen LogP contribution in [0.25, 0.3) is 11.1 Å². The molecule has 0 saturated carbocycles. The zero-order chi connectivity index (χ0) is 28.2. The lowest BCUT2D eigenvalue weighted by molar-refractivity contribution is -0.605. The molecular weight excluding hydrogens is 504 g/mol. The summed E-state index contributed by atoms with van der Waals surface area (Å²) in [6, 6.07) is 16.2. The summed E-state index contributed by atoms with van der Waals surface area (Å²) in [6.07, 6.45) is 5.70. The molecule has 38 heavy (non-hydrogen) atoms. The van der Waals surface area contributed by atoms with Crippen molar-refractivity contribution in [3.05, 3.63) is 139 Å². The smallest absolute Gasteiger partial charge is 0.335 e. The molecule has 4 aromatic rings. The Hall–Kier alpha value is -5.92. The molecule has 4 rings (SSSR count). The number of non-ortho nitro benzene ring substituents is 2. The van der Waals surface area contributed by atoms with Crippen LogP contribution in [0.5, 0.6) is 0 Å². The van der Waals surface area contributed by atoms with E-state index in [1.54, 1.807) is 24.3 Å². The third-order valence-electron chi connectivity index (χ3n) is 4.59. The molecule has 2 aromatic carbocycles. The fraction of sp³-hybridized carbons (Fsp3) is 0. The number of pyridine rings is 2. The van der Waals surface area contributed by atoms with E-state index < -0.39 is 21.8 Å². The van der Waals surface area contributed by atoms with E-state index in [0.29, 0.717) is 0 Å². The number of rotatable bonds is 5. The highest BCUT2D eigenvalue weighted by Crippen LogP contribution is 2.15. The first-order valence-electron chi connectivity index (χ1n) is 10.3.